The Morgan fingerprint density at radius 2 is 1.48 bits per heavy atom. The van der Waals surface area contributed by atoms with Crippen LogP contribution in [0.5, 0.6) is 0 Å². The van der Waals surface area contributed by atoms with Gasteiger partial charge in [0.05, 0.1) is 11.4 Å². The van der Waals surface area contributed by atoms with Crippen LogP contribution in [-0.2, 0) is 9.59 Å². The fourth-order valence-electron chi connectivity index (χ4n) is 2.80. The zero-order chi connectivity index (χ0) is 19.6. The lowest BCUT2D eigenvalue weighted by Crippen LogP contribution is -2.51. The predicted octanol–water partition coefficient (Wildman–Crippen LogP) is 2.53. The van der Waals surface area contributed by atoms with E-state index in [4.69, 9.17) is 0 Å². The van der Waals surface area contributed by atoms with E-state index in [2.05, 4.69) is 0 Å². The molecule has 0 atom stereocenters. The Kier molecular flexibility index (Phi) is 5.29. The van der Waals surface area contributed by atoms with Gasteiger partial charge in [-0.1, -0.05) is 12.1 Å². The number of anilines is 2. The minimum Gasteiger partial charge on any atom is -0.366 e. The third-order valence-corrected chi connectivity index (χ3v) is 4.24. The first kappa shape index (κ1) is 18.7. The Bertz CT molecular complexity index is 883. The number of hydrogen-bond acceptors (Lipinski definition) is 3. The van der Waals surface area contributed by atoms with E-state index in [1.807, 2.05) is 5.32 Å². The number of amides is 2. The third-order valence-electron chi connectivity index (χ3n) is 4.24. The van der Waals surface area contributed by atoms with Crippen molar-refractivity contribution in [2.45, 2.75) is 0 Å². The molecule has 2 aromatic carbocycles. The Hall–Kier alpha value is -3.10. The smallest absolute Gasteiger partial charge is 0.313 e. The zero-order valence-corrected chi connectivity index (χ0v) is 14.0. The summed E-state index contributed by atoms with van der Waals surface area (Å²) in [6.45, 7) is 0.917. The van der Waals surface area contributed by atoms with Gasteiger partial charge < -0.3 is 15.1 Å². The average Bonchev–Trinajstić information content (AvgIpc) is 2.68. The van der Waals surface area contributed by atoms with Crippen molar-refractivity contribution >= 4 is 23.2 Å². The van der Waals surface area contributed by atoms with E-state index in [0.717, 1.165) is 6.07 Å². The van der Waals surface area contributed by atoms with Gasteiger partial charge in [0.25, 0.3) is 0 Å². The molecule has 3 rings (SSSR count). The van der Waals surface area contributed by atoms with Crippen molar-refractivity contribution in [3.63, 3.8) is 0 Å². The molecule has 0 spiro atoms. The topological polar surface area (TPSA) is 52.7 Å². The largest absolute Gasteiger partial charge is 0.366 e. The highest BCUT2D eigenvalue weighted by molar-refractivity contribution is 6.39. The second kappa shape index (κ2) is 7.65. The maximum atomic E-state index is 13.8. The lowest BCUT2D eigenvalue weighted by atomic mass is 10.2. The number of carbonyl (C=O) groups excluding carboxylic acids is 2. The summed E-state index contributed by atoms with van der Waals surface area (Å²) in [7, 11) is 0. The minimum absolute atomic E-state index is 0.154. The molecule has 0 unspecified atom stereocenters. The van der Waals surface area contributed by atoms with Crippen LogP contribution in [0.15, 0.2) is 36.4 Å². The summed E-state index contributed by atoms with van der Waals surface area (Å²) in [5.41, 5.74) is -0.227. The summed E-state index contributed by atoms with van der Waals surface area (Å²) in [5, 5.41) is 1.94. The number of benzene rings is 2. The van der Waals surface area contributed by atoms with Crippen molar-refractivity contribution in [3.8, 4) is 0 Å². The molecule has 9 heteroatoms. The van der Waals surface area contributed by atoms with Crippen LogP contribution in [0.25, 0.3) is 0 Å². The number of nitrogens with zero attached hydrogens (tertiary/aromatic N) is 2. The van der Waals surface area contributed by atoms with Crippen LogP contribution < -0.4 is 10.2 Å². The number of halogens is 4. The van der Waals surface area contributed by atoms with Crippen LogP contribution in [0.1, 0.15) is 0 Å². The molecule has 0 saturated carbocycles. The van der Waals surface area contributed by atoms with Gasteiger partial charge in [-0.15, -0.1) is 0 Å². The van der Waals surface area contributed by atoms with E-state index in [0.29, 0.717) is 24.8 Å². The average molecular weight is 381 g/mol. The summed E-state index contributed by atoms with van der Waals surface area (Å²) >= 11 is 0. The fourth-order valence-corrected chi connectivity index (χ4v) is 2.80. The number of carbonyl (C=O) groups is 2. The molecule has 1 heterocycles. The highest BCUT2D eigenvalue weighted by atomic mass is 19.2. The van der Waals surface area contributed by atoms with Gasteiger partial charge in [-0.05, 0) is 24.3 Å². The molecular formula is C18H15F4N3O2. The predicted molar refractivity (Wildman–Crippen MR) is 90.1 cm³/mol. The quantitative estimate of drug-likeness (QED) is 0.494. The molecule has 0 radical (unpaired) electrons. The molecule has 2 aromatic rings. The molecule has 2 amide bonds. The molecule has 0 aromatic heterocycles. The van der Waals surface area contributed by atoms with Crippen LogP contribution in [-0.4, -0.2) is 42.9 Å². The molecule has 1 aliphatic rings. The number of nitrogens with one attached hydrogen (secondary N) is 1. The molecule has 27 heavy (non-hydrogen) atoms. The van der Waals surface area contributed by atoms with Crippen molar-refractivity contribution in [2.75, 3.05) is 36.4 Å². The Morgan fingerprint density at radius 1 is 0.815 bits per heavy atom. The molecule has 1 fully saturated rings. The second-order valence-corrected chi connectivity index (χ2v) is 5.91. The lowest BCUT2D eigenvalue weighted by Gasteiger charge is -2.35. The van der Waals surface area contributed by atoms with Crippen molar-refractivity contribution in [2.24, 2.45) is 0 Å². The van der Waals surface area contributed by atoms with Gasteiger partial charge >= 0.3 is 11.8 Å². The Balaban J connectivity index is 1.61. The standard InChI is InChI=1S/C18H15F4N3O2/c19-11-3-1-2-4-14(11)24-7-9-25(10-8-24)18(27)17(26)23-13-6-5-12(20)15(21)16(13)22/h1-6H,7-10H2,(H,23,26). The van der Waals surface area contributed by atoms with E-state index >= 15 is 0 Å². The van der Waals surface area contributed by atoms with Gasteiger partial charge in [-0.25, -0.2) is 17.6 Å². The van der Waals surface area contributed by atoms with Gasteiger partial charge in [0.1, 0.15) is 5.82 Å². The Morgan fingerprint density at radius 3 is 2.15 bits per heavy atom. The molecule has 5 nitrogen and oxygen atoms in total. The first-order valence-electron chi connectivity index (χ1n) is 8.11. The first-order chi connectivity index (χ1) is 12.9. The van der Waals surface area contributed by atoms with Crippen molar-refractivity contribution in [1.82, 2.24) is 4.90 Å². The normalized spacial score (nSPS) is 14.2. The van der Waals surface area contributed by atoms with E-state index < -0.39 is 35.0 Å². The summed E-state index contributed by atoms with van der Waals surface area (Å²) in [6, 6.07) is 7.68. The van der Waals surface area contributed by atoms with Crippen LogP contribution in [0.4, 0.5) is 28.9 Å². The van der Waals surface area contributed by atoms with E-state index in [9.17, 15) is 27.2 Å². The number of hydrogen-bond donors (Lipinski definition) is 1. The third kappa shape index (κ3) is 3.86. The van der Waals surface area contributed by atoms with E-state index in [1.165, 1.54) is 11.0 Å². The lowest BCUT2D eigenvalue weighted by molar-refractivity contribution is -0.143. The molecule has 1 aliphatic heterocycles. The van der Waals surface area contributed by atoms with Crippen molar-refractivity contribution < 1.29 is 27.2 Å². The minimum atomic E-state index is -1.74. The zero-order valence-electron chi connectivity index (χ0n) is 14.0. The SMILES string of the molecule is O=C(Nc1ccc(F)c(F)c1F)C(=O)N1CCN(c2ccccc2F)CC1. The maximum Gasteiger partial charge on any atom is 0.313 e. The van der Waals surface area contributed by atoms with Crippen LogP contribution >= 0.6 is 0 Å². The number of rotatable bonds is 2. The molecule has 0 bridgehead atoms. The van der Waals surface area contributed by atoms with Gasteiger partial charge in [0, 0.05) is 26.2 Å². The van der Waals surface area contributed by atoms with Gasteiger partial charge in [-0.3, -0.25) is 9.59 Å². The molecule has 1 saturated heterocycles. The molecule has 1 N–H and O–H groups in total. The van der Waals surface area contributed by atoms with E-state index in [1.54, 1.807) is 23.1 Å². The van der Waals surface area contributed by atoms with E-state index in [-0.39, 0.29) is 18.9 Å². The molecule has 0 aliphatic carbocycles. The summed E-state index contributed by atoms with van der Waals surface area (Å²) in [4.78, 5) is 27.2. The second-order valence-electron chi connectivity index (χ2n) is 5.91. The van der Waals surface area contributed by atoms with Crippen molar-refractivity contribution in [1.29, 1.82) is 0 Å². The first-order valence-corrected chi connectivity index (χ1v) is 8.11. The highest BCUT2D eigenvalue weighted by Crippen LogP contribution is 2.21. The Labute approximate surface area is 152 Å². The summed E-state index contributed by atoms with van der Waals surface area (Å²) < 4.78 is 53.5. The summed E-state index contributed by atoms with van der Waals surface area (Å²) in [5.74, 6) is -7.21. The monoisotopic (exact) mass is 381 g/mol. The fraction of sp³-hybridized carbons (Fsp3) is 0.222. The van der Waals surface area contributed by atoms with Crippen LogP contribution in [0.2, 0.25) is 0 Å². The molecule has 142 valence electrons. The maximum absolute atomic E-state index is 13.8. The highest BCUT2D eigenvalue weighted by Gasteiger charge is 2.28. The van der Waals surface area contributed by atoms with Gasteiger partial charge in [0.15, 0.2) is 17.5 Å². The van der Waals surface area contributed by atoms with Gasteiger partial charge in [0.2, 0.25) is 0 Å². The summed E-state index contributed by atoms with van der Waals surface area (Å²) in [6.07, 6.45) is 0. The van der Waals surface area contributed by atoms with Crippen molar-refractivity contribution in [3.05, 3.63) is 59.7 Å². The van der Waals surface area contributed by atoms with Gasteiger partial charge in [-0.2, -0.15) is 0 Å². The van der Waals surface area contributed by atoms with Crippen LogP contribution in [0, 0.1) is 23.3 Å². The molecular weight excluding hydrogens is 366 g/mol. The number of para-hydroxylation sites is 1. The van der Waals surface area contributed by atoms with Crippen LogP contribution in [0.3, 0.4) is 0 Å². The number of piperazine rings is 1.